The predicted molar refractivity (Wildman–Crippen MR) is 114 cm³/mol. The number of piperazine rings is 1. The molecule has 0 radical (unpaired) electrons. The molecule has 1 atom stereocenters. The Morgan fingerprint density at radius 1 is 1.17 bits per heavy atom. The second kappa shape index (κ2) is 11.5. The van der Waals surface area contributed by atoms with E-state index >= 15 is 0 Å². The second-order valence-electron chi connectivity index (χ2n) is 7.06. The molecule has 1 heterocycles. The van der Waals surface area contributed by atoms with Crippen LogP contribution in [0.2, 0.25) is 0 Å². The van der Waals surface area contributed by atoms with E-state index in [-0.39, 0.29) is 11.9 Å². The fraction of sp³-hybridized carbons (Fsp3) is 0.619. The van der Waals surface area contributed by atoms with Gasteiger partial charge in [0.1, 0.15) is 11.5 Å². The minimum Gasteiger partial charge on any atom is -0.497 e. The number of ether oxygens (including phenoxy) is 3. The van der Waals surface area contributed by atoms with Crippen LogP contribution < -0.4 is 14.8 Å². The van der Waals surface area contributed by atoms with Gasteiger partial charge in [0.15, 0.2) is 5.96 Å². The molecule has 8 nitrogen and oxygen atoms in total. The fourth-order valence-electron chi connectivity index (χ4n) is 3.29. The maximum atomic E-state index is 11.6. The van der Waals surface area contributed by atoms with Gasteiger partial charge in [0.05, 0.1) is 33.8 Å². The summed E-state index contributed by atoms with van der Waals surface area (Å²) >= 11 is 0. The number of nitrogens with zero attached hydrogens (tertiary/aromatic N) is 3. The Bertz CT molecular complexity index is 687. The van der Waals surface area contributed by atoms with Crippen LogP contribution in [0, 0.1) is 5.92 Å². The van der Waals surface area contributed by atoms with E-state index in [9.17, 15) is 4.79 Å². The van der Waals surface area contributed by atoms with Crippen LogP contribution in [-0.4, -0.2) is 82.3 Å². The maximum absolute atomic E-state index is 11.6. The summed E-state index contributed by atoms with van der Waals surface area (Å²) in [7, 11) is 4.77. The molecule has 0 bridgehead atoms. The number of benzene rings is 1. The Morgan fingerprint density at radius 2 is 1.90 bits per heavy atom. The smallest absolute Gasteiger partial charge is 0.310 e. The molecule has 1 unspecified atom stereocenters. The highest BCUT2D eigenvalue weighted by atomic mass is 16.5. The van der Waals surface area contributed by atoms with Crippen LogP contribution in [-0.2, 0) is 16.1 Å². The summed E-state index contributed by atoms with van der Waals surface area (Å²) in [4.78, 5) is 20.9. The zero-order valence-corrected chi connectivity index (χ0v) is 18.2. The lowest BCUT2D eigenvalue weighted by Gasteiger charge is -2.36. The molecule has 1 aromatic rings. The molecule has 0 saturated carbocycles. The summed E-state index contributed by atoms with van der Waals surface area (Å²) in [6.07, 6.45) is 0. The predicted octanol–water partition coefficient (Wildman–Crippen LogP) is 1.60. The van der Waals surface area contributed by atoms with Gasteiger partial charge in [0, 0.05) is 44.8 Å². The normalized spacial score (nSPS) is 16.3. The average molecular weight is 407 g/mol. The quantitative estimate of drug-likeness (QED) is 0.399. The number of methoxy groups -OCH3 is 3. The monoisotopic (exact) mass is 406 g/mol. The third kappa shape index (κ3) is 6.52. The molecule has 29 heavy (non-hydrogen) atoms. The standard InChI is InChI=1S/C21H34N4O4/c1-6-22-21(23-14-16(2)20(26)29-5)25-11-9-24(10-12-25)15-17-13-18(27-3)7-8-19(17)28-4/h7-8,13,16H,6,9-12,14-15H2,1-5H3,(H,22,23). The van der Waals surface area contributed by atoms with Gasteiger partial charge in [-0.3, -0.25) is 14.7 Å². The summed E-state index contributed by atoms with van der Waals surface area (Å²) in [6, 6.07) is 5.89. The van der Waals surface area contributed by atoms with Crippen molar-refractivity contribution in [3.05, 3.63) is 23.8 Å². The SMILES string of the molecule is CCNC(=NCC(C)C(=O)OC)N1CCN(Cc2cc(OC)ccc2OC)CC1. The number of esters is 1. The molecular weight excluding hydrogens is 372 g/mol. The first-order chi connectivity index (χ1) is 14.0. The summed E-state index contributed by atoms with van der Waals surface area (Å²) in [6.45, 7) is 9.44. The molecule has 1 aliphatic rings. The molecule has 0 aromatic heterocycles. The summed E-state index contributed by atoms with van der Waals surface area (Å²) in [5.74, 6) is 2.07. The molecule has 0 spiro atoms. The van der Waals surface area contributed by atoms with Crippen molar-refractivity contribution in [2.45, 2.75) is 20.4 Å². The number of rotatable bonds is 8. The Kier molecular flexibility index (Phi) is 9.05. The van der Waals surface area contributed by atoms with E-state index in [0.717, 1.165) is 62.3 Å². The second-order valence-corrected chi connectivity index (χ2v) is 7.06. The zero-order valence-electron chi connectivity index (χ0n) is 18.2. The van der Waals surface area contributed by atoms with E-state index in [1.807, 2.05) is 32.0 Å². The molecule has 1 fully saturated rings. The lowest BCUT2D eigenvalue weighted by Crippen LogP contribution is -2.52. The van der Waals surface area contributed by atoms with E-state index in [1.54, 1.807) is 14.2 Å². The van der Waals surface area contributed by atoms with Gasteiger partial charge in [-0.05, 0) is 25.1 Å². The highest BCUT2D eigenvalue weighted by Gasteiger charge is 2.21. The first-order valence-electron chi connectivity index (χ1n) is 10.1. The van der Waals surface area contributed by atoms with Gasteiger partial charge < -0.3 is 24.4 Å². The molecule has 2 rings (SSSR count). The minimum atomic E-state index is -0.254. The Hall–Kier alpha value is -2.48. The van der Waals surface area contributed by atoms with Crippen molar-refractivity contribution in [3.8, 4) is 11.5 Å². The number of aliphatic imine (C=N–C) groups is 1. The van der Waals surface area contributed by atoms with Crippen molar-refractivity contribution >= 4 is 11.9 Å². The lowest BCUT2D eigenvalue weighted by atomic mass is 10.1. The van der Waals surface area contributed by atoms with Crippen LogP contribution in [0.15, 0.2) is 23.2 Å². The van der Waals surface area contributed by atoms with E-state index < -0.39 is 0 Å². The van der Waals surface area contributed by atoms with Crippen LogP contribution >= 0.6 is 0 Å². The van der Waals surface area contributed by atoms with Crippen LogP contribution in [0.4, 0.5) is 0 Å². The fourth-order valence-corrected chi connectivity index (χ4v) is 3.29. The molecule has 162 valence electrons. The number of hydrogen-bond donors (Lipinski definition) is 1. The molecule has 1 N–H and O–H groups in total. The lowest BCUT2D eigenvalue weighted by molar-refractivity contribution is -0.144. The zero-order chi connectivity index (χ0) is 21.2. The molecular formula is C21H34N4O4. The molecule has 0 amide bonds. The Labute approximate surface area is 173 Å². The largest absolute Gasteiger partial charge is 0.497 e. The Morgan fingerprint density at radius 3 is 2.48 bits per heavy atom. The van der Waals surface area contributed by atoms with Crippen molar-refractivity contribution in [3.63, 3.8) is 0 Å². The summed E-state index contributed by atoms with van der Waals surface area (Å²) in [5, 5.41) is 3.33. The summed E-state index contributed by atoms with van der Waals surface area (Å²) < 4.78 is 15.6. The topological polar surface area (TPSA) is 75.6 Å². The number of carbonyl (C=O) groups excluding carboxylic acids is 1. The third-order valence-electron chi connectivity index (χ3n) is 5.01. The van der Waals surface area contributed by atoms with Gasteiger partial charge in [-0.25, -0.2) is 0 Å². The molecule has 0 aliphatic carbocycles. The van der Waals surface area contributed by atoms with E-state index in [2.05, 4.69) is 20.1 Å². The van der Waals surface area contributed by atoms with Gasteiger partial charge in [0.2, 0.25) is 0 Å². The number of guanidine groups is 1. The first-order valence-corrected chi connectivity index (χ1v) is 10.1. The first kappa shape index (κ1) is 22.8. The van der Waals surface area contributed by atoms with Crippen LogP contribution in [0.5, 0.6) is 11.5 Å². The molecule has 1 saturated heterocycles. The Balaban J connectivity index is 1.96. The van der Waals surface area contributed by atoms with E-state index in [4.69, 9.17) is 14.2 Å². The summed E-state index contributed by atoms with van der Waals surface area (Å²) in [5.41, 5.74) is 1.12. The number of carbonyl (C=O) groups is 1. The van der Waals surface area contributed by atoms with E-state index in [0.29, 0.717) is 6.54 Å². The molecule has 1 aromatic carbocycles. The highest BCUT2D eigenvalue weighted by Crippen LogP contribution is 2.25. The number of hydrogen-bond acceptors (Lipinski definition) is 6. The van der Waals surface area contributed by atoms with Crippen molar-refractivity contribution in [1.29, 1.82) is 0 Å². The van der Waals surface area contributed by atoms with Gasteiger partial charge in [-0.15, -0.1) is 0 Å². The van der Waals surface area contributed by atoms with Crippen LogP contribution in [0.3, 0.4) is 0 Å². The van der Waals surface area contributed by atoms with Gasteiger partial charge in [0.25, 0.3) is 0 Å². The van der Waals surface area contributed by atoms with Gasteiger partial charge in [-0.1, -0.05) is 6.92 Å². The third-order valence-corrected chi connectivity index (χ3v) is 5.01. The minimum absolute atomic E-state index is 0.235. The van der Waals surface area contributed by atoms with Gasteiger partial charge >= 0.3 is 5.97 Å². The molecule has 1 aliphatic heterocycles. The number of nitrogens with one attached hydrogen (secondary N) is 1. The van der Waals surface area contributed by atoms with Crippen molar-refractivity contribution in [2.75, 3.05) is 60.6 Å². The van der Waals surface area contributed by atoms with Crippen molar-refractivity contribution < 1.29 is 19.0 Å². The van der Waals surface area contributed by atoms with Crippen molar-refractivity contribution in [1.82, 2.24) is 15.1 Å². The maximum Gasteiger partial charge on any atom is 0.310 e. The van der Waals surface area contributed by atoms with Crippen molar-refractivity contribution in [2.24, 2.45) is 10.9 Å². The average Bonchev–Trinajstić information content (AvgIpc) is 2.76. The van der Waals surface area contributed by atoms with Gasteiger partial charge in [-0.2, -0.15) is 0 Å². The van der Waals surface area contributed by atoms with Crippen LogP contribution in [0.1, 0.15) is 19.4 Å². The van der Waals surface area contributed by atoms with Crippen LogP contribution in [0.25, 0.3) is 0 Å². The highest BCUT2D eigenvalue weighted by molar-refractivity contribution is 5.80. The molecule has 8 heteroatoms. The van der Waals surface area contributed by atoms with E-state index in [1.165, 1.54) is 7.11 Å².